The molecule has 21 heavy (non-hydrogen) atoms. The van der Waals surface area contributed by atoms with Gasteiger partial charge in [-0.05, 0) is 52.0 Å². The molecule has 0 bridgehead atoms. The molecular formula is C18H22BrNO. The smallest absolute Gasteiger partial charge is 0.122 e. The fourth-order valence-corrected chi connectivity index (χ4v) is 2.62. The third-order valence-corrected chi connectivity index (χ3v) is 4.30. The van der Waals surface area contributed by atoms with E-state index in [0.717, 1.165) is 28.9 Å². The van der Waals surface area contributed by atoms with Gasteiger partial charge in [0, 0.05) is 16.7 Å². The van der Waals surface area contributed by atoms with Crippen molar-refractivity contribution in [3.8, 4) is 5.75 Å². The summed E-state index contributed by atoms with van der Waals surface area (Å²) in [5.74, 6) is 1.53. The first-order valence-corrected chi connectivity index (χ1v) is 8.21. The zero-order valence-corrected chi connectivity index (χ0v) is 14.2. The second-order valence-corrected chi connectivity index (χ2v) is 5.96. The lowest BCUT2D eigenvalue weighted by molar-refractivity contribution is 0.327. The van der Waals surface area contributed by atoms with Crippen LogP contribution in [-0.4, -0.2) is 13.2 Å². The Balaban J connectivity index is 1.88. The normalized spacial score (nSPS) is 12.0. The lowest BCUT2D eigenvalue weighted by atomic mass is 9.98. The molecule has 1 atom stereocenters. The maximum Gasteiger partial charge on any atom is 0.122 e. The molecule has 0 aliphatic rings. The fourth-order valence-electron chi connectivity index (χ4n) is 2.19. The Kier molecular flexibility index (Phi) is 6.12. The molecule has 0 aromatic heterocycles. The minimum atomic E-state index is 0.525. The number of benzene rings is 2. The van der Waals surface area contributed by atoms with Gasteiger partial charge in [0.15, 0.2) is 0 Å². The predicted molar refractivity (Wildman–Crippen MR) is 93.3 cm³/mol. The average Bonchev–Trinajstić information content (AvgIpc) is 2.52. The number of hydrogen-bond acceptors (Lipinski definition) is 2. The molecule has 3 heteroatoms. The van der Waals surface area contributed by atoms with Crippen molar-refractivity contribution in [3.05, 3.63) is 58.6 Å². The quantitative estimate of drug-likeness (QED) is 0.672. The van der Waals surface area contributed by atoms with Crippen LogP contribution in [0, 0.1) is 0 Å². The minimum Gasteiger partial charge on any atom is -0.491 e. The third kappa shape index (κ3) is 4.50. The summed E-state index contributed by atoms with van der Waals surface area (Å²) >= 11 is 3.53. The number of rotatable bonds is 7. The maximum atomic E-state index is 5.94. The van der Waals surface area contributed by atoms with Crippen molar-refractivity contribution in [2.75, 3.05) is 18.5 Å². The third-order valence-electron chi connectivity index (χ3n) is 3.61. The van der Waals surface area contributed by atoms with Crippen molar-refractivity contribution in [1.82, 2.24) is 0 Å². The summed E-state index contributed by atoms with van der Waals surface area (Å²) in [6, 6.07) is 16.4. The van der Waals surface area contributed by atoms with Crippen molar-refractivity contribution < 1.29 is 4.74 Å². The van der Waals surface area contributed by atoms with Gasteiger partial charge in [0.1, 0.15) is 12.4 Å². The van der Waals surface area contributed by atoms with Crippen LogP contribution in [0.25, 0.3) is 0 Å². The Bertz CT molecular complexity index is 571. The summed E-state index contributed by atoms with van der Waals surface area (Å²) in [4.78, 5) is 0. The van der Waals surface area contributed by atoms with Gasteiger partial charge in [0.2, 0.25) is 0 Å². The molecule has 0 radical (unpaired) electrons. The molecule has 0 saturated carbocycles. The van der Waals surface area contributed by atoms with Gasteiger partial charge in [-0.15, -0.1) is 0 Å². The topological polar surface area (TPSA) is 21.3 Å². The van der Waals surface area contributed by atoms with Crippen LogP contribution < -0.4 is 10.1 Å². The summed E-state index contributed by atoms with van der Waals surface area (Å²) in [7, 11) is 0. The first kappa shape index (κ1) is 15.9. The van der Waals surface area contributed by atoms with Crippen molar-refractivity contribution in [3.63, 3.8) is 0 Å². The number of hydrogen-bond donors (Lipinski definition) is 1. The summed E-state index contributed by atoms with van der Waals surface area (Å²) in [5, 5.41) is 3.37. The van der Waals surface area contributed by atoms with Crippen LogP contribution >= 0.6 is 15.9 Å². The molecule has 0 fully saturated rings. The molecule has 2 aromatic carbocycles. The molecule has 2 aromatic rings. The van der Waals surface area contributed by atoms with Crippen molar-refractivity contribution in [1.29, 1.82) is 0 Å². The molecule has 0 aliphatic heterocycles. The van der Waals surface area contributed by atoms with Gasteiger partial charge in [-0.1, -0.05) is 44.2 Å². The van der Waals surface area contributed by atoms with Gasteiger partial charge in [-0.25, -0.2) is 0 Å². The number of ether oxygens (including phenoxy) is 1. The first-order chi connectivity index (χ1) is 10.2. The second-order valence-electron chi connectivity index (χ2n) is 5.10. The van der Waals surface area contributed by atoms with E-state index in [9.17, 15) is 0 Å². The standard InChI is InChI=1S/C18H22BrNO/c1-3-14(2)15-8-4-7-11-18(15)21-13-12-20-17-10-6-5-9-16(17)19/h4-11,14,20H,3,12-13H2,1-2H3. The summed E-state index contributed by atoms with van der Waals surface area (Å²) in [5.41, 5.74) is 2.39. The van der Waals surface area contributed by atoms with Crippen LogP contribution in [0.2, 0.25) is 0 Å². The second kappa shape index (κ2) is 8.08. The highest BCUT2D eigenvalue weighted by Crippen LogP contribution is 2.28. The Hall–Kier alpha value is -1.48. The number of anilines is 1. The summed E-state index contributed by atoms with van der Waals surface area (Å²) in [6.45, 7) is 5.86. The van der Waals surface area contributed by atoms with E-state index in [1.165, 1.54) is 5.56 Å². The molecule has 1 N–H and O–H groups in total. The van der Waals surface area contributed by atoms with E-state index in [4.69, 9.17) is 4.74 Å². The van der Waals surface area contributed by atoms with Gasteiger partial charge >= 0.3 is 0 Å². The zero-order valence-electron chi connectivity index (χ0n) is 12.6. The van der Waals surface area contributed by atoms with Crippen LogP contribution in [0.15, 0.2) is 53.0 Å². The summed E-state index contributed by atoms with van der Waals surface area (Å²) in [6.07, 6.45) is 1.12. The molecule has 0 aliphatic carbocycles. The van der Waals surface area contributed by atoms with Crippen LogP contribution in [0.5, 0.6) is 5.75 Å². The summed E-state index contributed by atoms with van der Waals surface area (Å²) < 4.78 is 7.02. The molecule has 0 saturated heterocycles. The average molecular weight is 348 g/mol. The lowest BCUT2D eigenvalue weighted by Gasteiger charge is -2.16. The number of para-hydroxylation sites is 2. The van der Waals surface area contributed by atoms with E-state index in [0.29, 0.717) is 12.5 Å². The van der Waals surface area contributed by atoms with Crippen molar-refractivity contribution >= 4 is 21.6 Å². The van der Waals surface area contributed by atoms with Gasteiger partial charge in [-0.3, -0.25) is 0 Å². The largest absolute Gasteiger partial charge is 0.491 e. The van der Waals surface area contributed by atoms with Crippen LogP contribution in [0.1, 0.15) is 31.7 Å². The lowest BCUT2D eigenvalue weighted by Crippen LogP contribution is -2.12. The molecule has 1 unspecified atom stereocenters. The van der Waals surface area contributed by atoms with E-state index in [-0.39, 0.29) is 0 Å². The molecule has 0 amide bonds. The van der Waals surface area contributed by atoms with Gasteiger partial charge in [0.05, 0.1) is 0 Å². The Morgan fingerprint density at radius 3 is 2.57 bits per heavy atom. The highest BCUT2D eigenvalue weighted by molar-refractivity contribution is 9.10. The van der Waals surface area contributed by atoms with Gasteiger partial charge in [0.25, 0.3) is 0 Å². The number of halogens is 1. The van der Waals surface area contributed by atoms with E-state index in [2.05, 4.69) is 59.4 Å². The van der Waals surface area contributed by atoms with Crippen LogP contribution in [0.3, 0.4) is 0 Å². The molecule has 112 valence electrons. The first-order valence-electron chi connectivity index (χ1n) is 7.42. The predicted octanol–water partition coefficient (Wildman–Crippen LogP) is 5.45. The molecule has 0 spiro atoms. The van der Waals surface area contributed by atoms with E-state index < -0.39 is 0 Å². The van der Waals surface area contributed by atoms with Crippen molar-refractivity contribution in [2.45, 2.75) is 26.2 Å². The molecular weight excluding hydrogens is 326 g/mol. The molecule has 2 rings (SSSR count). The minimum absolute atomic E-state index is 0.525. The Labute approximate surface area is 135 Å². The van der Waals surface area contributed by atoms with E-state index in [1.54, 1.807) is 0 Å². The highest BCUT2D eigenvalue weighted by atomic mass is 79.9. The maximum absolute atomic E-state index is 5.94. The SMILES string of the molecule is CCC(C)c1ccccc1OCCNc1ccccc1Br. The van der Waals surface area contributed by atoms with Crippen LogP contribution in [0.4, 0.5) is 5.69 Å². The van der Waals surface area contributed by atoms with E-state index >= 15 is 0 Å². The Morgan fingerprint density at radius 2 is 1.81 bits per heavy atom. The van der Waals surface area contributed by atoms with Crippen LogP contribution in [-0.2, 0) is 0 Å². The number of nitrogens with one attached hydrogen (secondary N) is 1. The van der Waals surface area contributed by atoms with Crippen molar-refractivity contribution in [2.24, 2.45) is 0 Å². The monoisotopic (exact) mass is 347 g/mol. The zero-order chi connectivity index (χ0) is 15.1. The van der Waals surface area contributed by atoms with E-state index in [1.807, 2.05) is 24.3 Å². The molecule has 0 heterocycles. The van der Waals surface area contributed by atoms with Gasteiger partial charge in [-0.2, -0.15) is 0 Å². The molecule has 2 nitrogen and oxygen atoms in total. The Morgan fingerprint density at radius 1 is 1.10 bits per heavy atom. The van der Waals surface area contributed by atoms with Gasteiger partial charge < -0.3 is 10.1 Å². The fraction of sp³-hybridized carbons (Fsp3) is 0.333. The highest BCUT2D eigenvalue weighted by Gasteiger charge is 2.09.